The Bertz CT molecular complexity index is 1450. The van der Waals surface area contributed by atoms with Crippen LogP contribution in [0.25, 0.3) is 22.6 Å². The number of aryl methyl sites for hydroxylation is 1. The predicted molar refractivity (Wildman–Crippen MR) is 148 cm³/mol. The fraction of sp³-hybridized carbons (Fsp3) is 0.357. The lowest BCUT2D eigenvalue weighted by molar-refractivity contribution is -0.0489. The van der Waals surface area contributed by atoms with Gasteiger partial charge >= 0.3 is 6.03 Å². The monoisotopic (exact) mass is 545 g/mol. The molecule has 2 amide bonds. The van der Waals surface area contributed by atoms with Crippen molar-refractivity contribution in [3.63, 3.8) is 0 Å². The highest BCUT2D eigenvalue weighted by molar-refractivity contribution is 5.99. The maximum Gasteiger partial charge on any atom is 0.323 e. The van der Waals surface area contributed by atoms with Crippen LogP contribution in [0.5, 0.6) is 0 Å². The number of morpholine rings is 1. The maximum absolute atomic E-state index is 12.5. The van der Waals surface area contributed by atoms with Gasteiger partial charge in [0.05, 0.1) is 32.8 Å². The number of rotatable bonds is 8. The van der Waals surface area contributed by atoms with Crippen molar-refractivity contribution < 1.29 is 24.1 Å². The van der Waals surface area contributed by atoms with Gasteiger partial charge in [0, 0.05) is 43.0 Å². The van der Waals surface area contributed by atoms with Gasteiger partial charge in [-0.15, -0.1) is 0 Å². The number of aliphatic hydroxyl groups excluding tert-OH is 1. The van der Waals surface area contributed by atoms with Crippen LogP contribution in [0.15, 0.2) is 54.9 Å². The van der Waals surface area contributed by atoms with Crippen molar-refractivity contribution in [1.82, 2.24) is 24.8 Å². The normalized spacial score (nSPS) is 17.8. The van der Waals surface area contributed by atoms with Crippen LogP contribution in [0, 0.1) is 0 Å². The molecule has 4 heterocycles. The average Bonchev–Trinajstić information content (AvgIpc) is 3.67. The summed E-state index contributed by atoms with van der Waals surface area (Å²) in [6.45, 7) is 3.85. The van der Waals surface area contributed by atoms with E-state index in [1.54, 1.807) is 30.6 Å². The Labute approximate surface area is 230 Å². The van der Waals surface area contributed by atoms with Gasteiger partial charge in [0.25, 0.3) is 0 Å². The lowest BCUT2D eigenvalue weighted by atomic mass is 10.1. The van der Waals surface area contributed by atoms with E-state index in [0.29, 0.717) is 62.0 Å². The second-order valence-corrected chi connectivity index (χ2v) is 9.58. The number of nitrogens with one attached hydrogen (secondary N) is 3. The Morgan fingerprint density at radius 2 is 1.70 bits per heavy atom. The lowest BCUT2D eigenvalue weighted by Gasteiger charge is -2.23. The number of fused-ring (bicyclic) bond motifs is 1. The second-order valence-electron chi connectivity index (χ2n) is 9.58. The highest BCUT2D eigenvalue weighted by Gasteiger charge is 2.25. The molecule has 12 heteroatoms. The molecule has 2 aliphatic heterocycles. The molecule has 0 bridgehead atoms. The third kappa shape index (κ3) is 5.96. The number of hydrogen-bond donors (Lipinski definition) is 4. The molecule has 2 aromatic heterocycles. The van der Waals surface area contributed by atoms with Gasteiger partial charge in [-0.1, -0.05) is 12.1 Å². The van der Waals surface area contributed by atoms with Gasteiger partial charge in [0.15, 0.2) is 17.8 Å². The third-order valence-corrected chi connectivity index (χ3v) is 6.82. The van der Waals surface area contributed by atoms with Gasteiger partial charge in [-0.05, 0) is 42.0 Å². The summed E-state index contributed by atoms with van der Waals surface area (Å²) in [5.74, 6) is 0.548. The van der Waals surface area contributed by atoms with E-state index in [1.807, 2.05) is 28.8 Å². The summed E-state index contributed by atoms with van der Waals surface area (Å²) in [4.78, 5) is 26.9. The van der Waals surface area contributed by atoms with Crippen LogP contribution in [0.3, 0.4) is 0 Å². The molecule has 6 rings (SSSR count). The van der Waals surface area contributed by atoms with Crippen molar-refractivity contribution in [3.8, 4) is 11.4 Å². The first-order valence-electron chi connectivity index (χ1n) is 13.3. The number of aliphatic hydroxyl groups is 1. The van der Waals surface area contributed by atoms with E-state index in [-0.39, 0.29) is 25.0 Å². The predicted octanol–water partition coefficient (Wildman–Crippen LogP) is 3.05. The Morgan fingerprint density at radius 1 is 0.975 bits per heavy atom. The number of anilines is 2. The van der Waals surface area contributed by atoms with E-state index in [4.69, 9.17) is 24.2 Å². The van der Waals surface area contributed by atoms with Crippen molar-refractivity contribution in [3.05, 3.63) is 66.1 Å². The number of aromatic nitrogens is 4. The van der Waals surface area contributed by atoms with Crippen LogP contribution in [0.1, 0.15) is 23.8 Å². The summed E-state index contributed by atoms with van der Waals surface area (Å²) in [5, 5.41) is 18.2. The number of benzene rings is 2. The molecule has 1 unspecified atom stereocenters. The zero-order valence-corrected chi connectivity index (χ0v) is 21.9. The molecule has 2 fully saturated rings. The molecule has 208 valence electrons. The van der Waals surface area contributed by atoms with Crippen LogP contribution in [-0.2, 0) is 27.4 Å². The highest BCUT2D eigenvalue weighted by atomic mass is 16.7. The molecule has 0 saturated carbocycles. The van der Waals surface area contributed by atoms with Gasteiger partial charge in [0.1, 0.15) is 17.3 Å². The molecule has 2 aromatic carbocycles. The minimum atomic E-state index is -0.370. The van der Waals surface area contributed by atoms with E-state index in [9.17, 15) is 9.90 Å². The summed E-state index contributed by atoms with van der Waals surface area (Å²) in [6.07, 6.45) is 2.01. The molecule has 0 radical (unpaired) electrons. The van der Waals surface area contributed by atoms with Crippen molar-refractivity contribution in [1.29, 1.82) is 0 Å². The van der Waals surface area contributed by atoms with E-state index in [0.717, 1.165) is 29.0 Å². The summed E-state index contributed by atoms with van der Waals surface area (Å²) in [6, 6.07) is 14.0. The molecule has 1 atom stereocenters. The van der Waals surface area contributed by atoms with Crippen LogP contribution >= 0.6 is 0 Å². The molecule has 12 nitrogen and oxygen atoms in total. The number of carbonyl (C=O) groups excluding carboxylic acids is 1. The zero-order valence-electron chi connectivity index (χ0n) is 21.9. The molecular weight excluding hydrogens is 514 g/mol. The zero-order chi connectivity index (χ0) is 27.3. The standard InChI is InChI=1S/C28H31N7O5/c36-16-18-1-5-20(6-2-18)31-28(37)32-21-7-3-19(4-8-21)26-33-24(22-15-29-10-12-38-22)25-27(34-26)35(17-30-25)11-9-23-39-13-14-40-23/h1-8,17,22-23,29,36H,9-16H2,(H2,31,32,37). The summed E-state index contributed by atoms with van der Waals surface area (Å²) >= 11 is 0. The highest BCUT2D eigenvalue weighted by Crippen LogP contribution is 2.28. The number of ether oxygens (including phenoxy) is 3. The van der Waals surface area contributed by atoms with Crippen LogP contribution in [0.4, 0.5) is 16.2 Å². The Kier molecular flexibility index (Phi) is 7.93. The smallest absolute Gasteiger partial charge is 0.323 e. The number of hydrogen-bond acceptors (Lipinski definition) is 9. The Morgan fingerprint density at radius 3 is 2.38 bits per heavy atom. The number of imidazole rings is 1. The lowest BCUT2D eigenvalue weighted by Crippen LogP contribution is -2.34. The van der Waals surface area contributed by atoms with Crippen molar-refractivity contribution >= 4 is 28.6 Å². The molecule has 2 aliphatic rings. The van der Waals surface area contributed by atoms with E-state index < -0.39 is 0 Å². The topological polar surface area (TPSA) is 145 Å². The summed E-state index contributed by atoms with van der Waals surface area (Å²) in [7, 11) is 0. The first kappa shape index (κ1) is 26.3. The average molecular weight is 546 g/mol. The van der Waals surface area contributed by atoms with Gasteiger partial charge in [0.2, 0.25) is 0 Å². The fourth-order valence-corrected chi connectivity index (χ4v) is 4.73. The number of carbonyl (C=O) groups is 1. The van der Waals surface area contributed by atoms with E-state index >= 15 is 0 Å². The SMILES string of the molecule is O=C(Nc1ccc(CO)cc1)Nc1ccc(-c2nc(C3CNCCO3)c3ncn(CCC4OCCO4)c3n2)cc1. The van der Waals surface area contributed by atoms with Gasteiger partial charge in [-0.3, -0.25) is 0 Å². The van der Waals surface area contributed by atoms with Gasteiger partial charge < -0.3 is 39.8 Å². The van der Waals surface area contributed by atoms with Crippen molar-refractivity contribution in [2.45, 2.75) is 32.0 Å². The largest absolute Gasteiger partial charge is 0.392 e. The van der Waals surface area contributed by atoms with Crippen LogP contribution in [0.2, 0.25) is 0 Å². The molecule has 4 N–H and O–H groups in total. The molecule has 4 aromatic rings. The maximum atomic E-state index is 12.5. The molecule has 40 heavy (non-hydrogen) atoms. The Balaban J connectivity index is 1.22. The van der Waals surface area contributed by atoms with Crippen molar-refractivity contribution in [2.24, 2.45) is 0 Å². The minimum absolute atomic E-state index is 0.0474. The molecule has 2 saturated heterocycles. The summed E-state index contributed by atoms with van der Waals surface area (Å²) in [5.41, 5.74) is 5.00. The minimum Gasteiger partial charge on any atom is -0.392 e. The van der Waals surface area contributed by atoms with E-state index in [1.165, 1.54) is 0 Å². The second kappa shape index (κ2) is 12.1. The van der Waals surface area contributed by atoms with Gasteiger partial charge in [-0.2, -0.15) is 0 Å². The fourth-order valence-electron chi connectivity index (χ4n) is 4.73. The molecule has 0 aliphatic carbocycles. The first-order valence-corrected chi connectivity index (χ1v) is 13.3. The quantitative estimate of drug-likeness (QED) is 0.263. The van der Waals surface area contributed by atoms with Crippen molar-refractivity contribution in [2.75, 3.05) is 43.5 Å². The third-order valence-electron chi connectivity index (χ3n) is 6.82. The van der Waals surface area contributed by atoms with E-state index in [2.05, 4.69) is 20.9 Å². The first-order chi connectivity index (χ1) is 19.7. The Hall–Kier alpha value is -3.94. The molecular formula is C28H31N7O5. The number of nitrogens with zero attached hydrogens (tertiary/aromatic N) is 4. The van der Waals surface area contributed by atoms with Crippen LogP contribution < -0.4 is 16.0 Å². The van der Waals surface area contributed by atoms with Crippen LogP contribution in [-0.4, -0.2) is 69.9 Å². The number of urea groups is 1. The number of amides is 2. The summed E-state index contributed by atoms with van der Waals surface area (Å²) < 4.78 is 19.2. The molecule has 0 spiro atoms. The van der Waals surface area contributed by atoms with Gasteiger partial charge in [-0.25, -0.2) is 19.7 Å².